The SMILES string of the molecule is COc1ccccc1/C(=C1\COc2ccccc21)c1cc2ccccc2s1. The Morgan fingerprint density at radius 2 is 1.70 bits per heavy atom. The fraction of sp³-hybridized carbons (Fsp3) is 0.0833. The molecule has 0 spiro atoms. The van der Waals surface area contributed by atoms with Crippen molar-refractivity contribution in [2.75, 3.05) is 13.7 Å². The molecule has 5 rings (SSSR count). The first kappa shape index (κ1) is 16.2. The van der Waals surface area contributed by atoms with Gasteiger partial charge in [0.2, 0.25) is 0 Å². The number of hydrogen-bond donors (Lipinski definition) is 0. The fourth-order valence-electron chi connectivity index (χ4n) is 3.68. The summed E-state index contributed by atoms with van der Waals surface area (Å²) in [7, 11) is 1.73. The van der Waals surface area contributed by atoms with Crippen LogP contribution in [0.15, 0.2) is 78.9 Å². The van der Waals surface area contributed by atoms with Gasteiger partial charge in [-0.3, -0.25) is 0 Å². The van der Waals surface area contributed by atoms with Crippen molar-refractivity contribution < 1.29 is 9.47 Å². The van der Waals surface area contributed by atoms with Crippen LogP contribution < -0.4 is 9.47 Å². The summed E-state index contributed by atoms with van der Waals surface area (Å²) in [5.74, 6) is 1.82. The number of rotatable bonds is 3. The van der Waals surface area contributed by atoms with Crippen LogP contribution in [0.2, 0.25) is 0 Å². The molecule has 3 heteroatoms. The Bertz CT molecular complexity index is 1140. The number of fused-ring (bicyclic) bond motifs is 2. The number of thiophene rings is 1. The van der Waals surface area contributed by atoms with Gasteiger partial charge in [-0.2, -0.15) is 0 Å². The predicted molar refractivity (Wildman–Crippen MR) is 113 cm³/mol. The highest BCUT2D eigenvalue weighted by Crippen LogP contribution is 2.45. The average molecular weight is 370 g/mol. The second-order valence-electron chi connectivity index (χ2n) is 6.49. The quantitative estimate of drug-likeness (QED) is 0.424. The van der Waals surface area contributed by atoms with Crippen LogP contribution in [0, 0.1) is 0 Å². The maximum Gasteiger partial charge on any atom is 0.127 e. The molecule has 1 aromatic heterocycles. The Hall–Kier alpha value is -3.04. The van der Waals surface area contributed by atoms with E-state index in [0.717, 1.165) is 22.6 Å². The van der Waals surface area contributed by atoms with Gasteiger partial charge in [0.1, 0.15) is 18.1 Å². The summed E-state index contributed by atoms with van der Waals surface area (Å²) in [5.41, 5.74) is 4.66. The molecule has 4 aromatic rings. The lowest BCUT2D eigenvalue weighted by Crippen LogP contribution is -1.97. The molecule has 0 atom stereocenters. The van der Waals surface area contributed by atoms with E-state index in [1.165, 1.54) is 26.1 Å². The fourth-order valence-corrected chi connectivity index (χ4v) is 4.83. The van der Waals surface area contributed by atoms with E-state index in [-0.39, 0.29) is 0 Å². The predicted octanol–water partition coefficient (Wildman–Crippen LogP) is 6.26. The smallest absolute Gasteiger partial charge is 0.127 e. The van der Waals surface area contributed by atoms with E-state index in [0.29, 0.717) is 6.61 Å². The molecule has 27 heavy (non-hydrogen) atoms. The number of hydrogen-bond acceptors (Lipinski definition) is 3. The molecule has 0 bridgehead atoms. The van der Waals surface area contributed by atoms with E-state index in [9.17, 15) is 0 Å². The normalized spacial score (nSPS) is 14.7. The van der Waals surface area contributed by atoms with Crippen molar-refractivity contribution in [2.24, 2.45) is 0 Å². The molecule has 1 aliphatic rings. The maximum absolute atomic E-state index is 5.99. The third-order valence-electron chi connectivity index (χ3n) is 4.93. The summed E-state index contributed by atoms with van der Waals surface area (Å²) < 4.78 is 13.0. The van der Waals surface area contributed by atoms with E-state index in [4.69, 9.17) is 9.47 Å². The van der Waals surface area contributed by atoms with Crippen LogP contribution in [0.5, 0.6) is 11.5 Å². The average Bonchev–Trinajstić information content (AvgIpc) is 3.33. The van der Waals surface area contributed by atoms with Gasteiger partial charge in [0.05, 0.1) is 7.11 Å². The van der Waals surface area contributed by atoms with Crippen LogP contribution in [0.1, 0.15) is 16.0 Å². The number of methoxy groups -OCH3 is 1. The van der Waals surface area contributed by atoms with Gasteiger partial charge in [-0.15, -0.1) is 11.3 Å². The van der Waals surface area contributed by atoms with Crippen molar-refractivity contribution in [1.29, 1.82) is 0 Å². The first-order valence-corrected chi connectivity index (χ1v) is 9.74. The first-order valence-electron chi connectivity index (χ1n) is 8.93. The van der Waals surface area contributed by atoms with Crippen molar-refractivity contribution in [1.82, 2.24) is 0 Å². The van der Waals surface area contributed by atoms with E-state index in [2.05, 4.69) is 54.6 Å². The van der Waals surface area contributed by atoms with Crippen molar-refractivity contribution in [3.8, 4) is 11.5 Å². The third-order valence-corrected chi connectivity index (χ3v) is 6.07. The molecule has 0 unspecified atom stereocenters. The van der Waals surface area contributed by atoms with Crippen LogP contribution in [-0.2, 0) is 0 Å². The summed E-state index contributed by atoms with van der Waals surface area (Å²) in [5, 5.41) is 1.26. The zero-order chi connectivity index (χ0) is 18.2. The van der Waals surface area contributed by atoms with Gasteiger partial charge in [-0.05, 0) is 29.7 Å². The van der Waals surface area contributed by atoms with E-state index in [1.807, 2.05) is 35.6 Å². The molecular formula is C24H18O2S. The summed E-state index contributed by atoms with van der Waals surface area (Å²) in [6.07, 6.45) is 0. The van der Waals surface area contributed by atoms with Gasteiger partial charge >= 0.3 is 0 Å². The molecule has 3 aromatic carbocycles. The van der Waals surface area contributed by atoms with Gasteiger partial charge in [0, 0.05) is 31.9 Å². The number of ether oxygens (including phenoxy) is 2. The molecule has 0 radical (unpaired) electrons. The standard InChI is InChI=1S/C24H18O2S/c1-25-20-11-5-4-10-18(20)24(19-15-26-21-12-6-3-9-17(19)21)23-14-16-8-2-7-13-22(16)27-23/h2-14H,15H2,1H3/b24-19-. The van der Waals surface area contributed by atoms with Crippen LogP contribution >= 0.6 is 11.3 Å². The minimum absolute atomic E-state index is 0.570. The van der Waals surface area contributed by atoms with E-state index in [1.54, 1.807) is 7.11 Å². The summed E-state index contributed by atoms with van der Waals surface area (Å²) in [6, 6.07) is 27.3. The van der Waals surface area contributed by atoms with Crippen molar-refractivity contribution in [2.45, 2.75) is 0 Å². The lowest BCUT2D eigenvalue weighted by atomic mass is 9.93. The zero-order valence-electron chi connectivity index (χ0n) is 14.9. The number of benzene rings is 3. The summed E-state index contributed by atoms with van der Waals surface area (Å²) in [6.45, 7) is 0.570. The molecule has 0 saturated heterocycles. The molecule has 1 aliphatic heterocycles. The molecule has 2 heterocycles. The second-order valence-corrected chi connectivity index (χ2v) is 7.57. The molecule has 0 fully saturated rings. The molecule has 0 N–H and O–H groups in total. The minimum Gasteiger partial charge on any atom is -0.496 e. The molecule has 132 valence electrons. The highest BCUT2D eigenvalue weighted by atomic mass is 32.1. The molecule has 2 nitrogen and oxygen atoms in total. The molecule has 0 saturated carbocycles. The minimum atomic E-state index is 0.570. The largest absolute Gasteiger partial charge is 0.496 e. The van der Waals surface area contributed by atoms with Gasteiger partial charge in [-0.1, -0.05) is 54.6 Å². The highest BCUT2D eigenvalue weighted by molar-refractivity contribution is 7.20. The molecular weight excluding hydrogens is 352 g/mol. The Balaban J connectivity index is 1.83. The summed E-state index contributed by atoms with van der Waals surface area (Å²) in [4.78, 5) is 1.23. The van der Waals surface area contributed by atoms with Gasteiger partial charge in [-0.25, -0.2) is 0 Å². The van der Waals surface area contributed by atoms with Crippen LogP contribution in [0.4, 0.5) is 0 Å². The first-order chi connectivity index (χ1) is 13.3. The van der Waals surface area contributed by atoms with Gasteiger partial charge in [0.25, 0.3) is 0 Å². The van der Waals surface area contributed by atoms with Crippen LogP contribution in [0.25, 0.3) is 21.2 Å². The lowest BCUT2D eigenvalue weighted by molar-refractivity contribution is 0.388. The van der Waals surface area contributed by atoms with Crippen LogP contribution in [-0.4, -0.2) is 13.7 Å². The Labute approximate surface area is 162 Å². The highest BCUT2D eigenvalue weighted by Gasteiger charge is 2.25. The lowest BCUT2D eigenvalue weighted by Gasteiger charge is -2.14. The zero-order valence-corrected chi connectivity index (χ0v) is 15.8. The summed E-state index contributed by atoms with van der Waals surface area (Å²) >= 11 is 1.81. The van der Waals surface area contributed by atoms with Gasteiger partial charge in [0.15, 0.2) is 0 Å². The maximum atomic E-state index is 5.99. The van der Waals surface area contributed by atoms with Crippen LogP contribution in [0.3, 0.4) is 0 Å². The second kappa shape index (κ2) is 6.60. The Morgan fingerprint density at radius 1 is 0.926 bits per heavy atom. The van der Waals surface area contributed by atoms with Gasteiger partial charge < -0.3 is 9.47 Å². The monoisotopic (exact) mass is 370 g/mol. The van der Waals surface area contributed by atoms with E-state index >= 15 is 0 Å². The molecule has 0 aliphatic carbocycles. The topological polar surface area (TPSA) is 18.5 Å². The Kier molecular flexibility index (Phi) is 3.95. The Morgan fingerprint density at radius 3 is 2.59 bits per heavy atom. The van der Waals surface area contributed by atoms with Crippen molar-refractivity contribution >= 4 is 32.6 Å². The third kappa shape index (κ3) is 2.71. The molecule has 0 amide bonds. The number of para-hydroxylation sites is 2. The van der Waals surface area contributed by atoms with Crippen molar-refractivity contribution in [3.05, 3.63) is 94.9 Å². The van der Waals surface area contributed by atoms with Crippen molar-refractivity contribution in [3.63, 3.8) is 0 Å². The van der Waals surface area contributed by atoms with E-state index < -0.39 is 0 Å².